The quantitative estimate of drug-likeness (QED) is 0.621. The fraction of sp³-hybridized carbons (Fsp3) is 0.833. The Morgan fingerprint density at radius 2 is 2.28 bits per heavy atom. The zero-order chi connectivity index (χ0) is 13.5. The lowest BCUT2D eigenvalue weighted by Crippen LogP contribution is -2.44. The van der Waals surface area contributed by atoms with Crippen LogP contribution in [0.5, 0.6) is 0 Å². The van der Waals surface area contributed by atoms with Crippen LogP contribution in [0.4, 0.5) is 0 Å². The molecule has 1 aliphatic rings. The molecule has 0 spiro atoms. The molecule has 0 aromatic carbocycles. The Morgan fingerprint density at radius 1 is 1.56 bits per heavy atom. The van der Waals surface area contributed by atoms with Crippen LogP contribution < -0.4 is 11.1 Å². The molecule has 4 N–H and O–H groups in total. The molecule has 1 unspecified atom stereocenters. The van der Waals surface area contributed by atoms with E-state index in [1.54, 1.807) is 6.92 Å². The number of rotatable bonds is 5. The highest BCUT2D eigenvalue weighted by molar-refractivity contribution is 5.79. The van der Waals surface area contributed by atoms with Crippen LogP contribution in [0.1, 0.15) is 32.6 Å². The molecule has 0 bridgehead atoms. The van der Waals surface area contributed by atoms with Crippen LogP contribution in [0.3, 0.4) is 0 Å². The Morgan fingerprint density at radius 3 is 2.94 bits per heavy atom. The molecule has 1 heterocycles. The summed E-state index contributed by atoms with van der Waals surface area (Å²) in [5.74, 6) is -0.863. The average Bonchev–Trinajstić information content (AvgIpc) is 2.52. The maximum atomic E-state index is 11.7. The maximum absolute atomic E-state index is 11.7. The Bertz CT molecular complexity index is 296. The fourth-order valence-electron chi connectivity index (χ4n) is 1.86. The summed E-state index contributed by atoms with van der Waals surface area (Å²) in [7, 11) is 0. The number of ether oxygens (including phenoxy) is 1. The molecule has 1 rings (SSSR count). The van der Waals surface area contributed by atoms with Gasteiger partial charge in [0.25, 0.3) is 0 Å². The third-order valence-electron chi connectivity index (χ3n) is 3.19. The molecule has 0 radical (unpaired) electrons. The van der Waals surface area contributed by atoms with Crippen LogP contribution in [-0.2, 0) is 14.3 Å². The molecular weight excluding hydrogens is 236 g/mol. The Balaban J connectivity index is 2.32. The summed E-state index contributed by atoms with van der Waals surface area (Å²) in [4.78, 5) is 22.5. The normalized spacial score (nSPS) is 26.1. The number of nitrogens with two attached hydrogens (primary N) is 1. The zero-order valence-corrected chi connectivity index (χ0v) is 10.7. The fourth-order valence-corrected chi connectivity index (χ4v) is 1.86. The number of aliphatic hydroxyl groups excluding tert-OH is 1. The van der Waals surface area contributed by atoms with Gasteiger partial charge in [-0.2, -0.15) is 0 Å². The van der Waals surface area contributed by atoms with Crippen molar-refractivity contribution in [2.75, 3.05) is 13.2 Å². The van der Waals surface area contributed by atoms with Gasteiger partial charge in [-0.3, -0.25) is 9.59 Å². The summed E-state index contributed by atoms with van der Waals surface area (Å²) in [6.45, 7) is 2.56. The summed E-state index contributed by atoms with van der Waals surface area (Å²) in [5.41, 5.74) is 5.12. The number of aliphatic hydroxyl groups is 1. The molecule has 6 heteroatoms. The molecular formula is C12H22N2O4. The molecule has 0 aromatic rings. The van der Waals surface area contributed by atoms with Crippen molar-refractivity contribution in [2.24, 2.45) is 11.7 Å². The van der Waals surface area contributed by atoms with Crippen molar-refractivity contribution >= 4 is 11.8 Å². The predicted octanol–water partition coefficient (Wildman–Crippen LogP) is -0.456. The first-order valence-electron chi connectivity index (χ1n) is 6.35. The third kappa shape index (κ3) is 5.01. The molecule has 0 aromatic heterocycles. The summed E-state index contributed by atoms with van der Waals surface area (Å²) >= 11 is 0. The first-order chi connectivity index (χ1) is 8.50. The first-order valence-corrected chi connectivity index (χ1v) is 6.35. The predicted molar refractivity (Wildman–Crippen MR) is 65.6 cm³/mol. The van der Waals surface area contributed by atoms with Crippen LogP contribution in [-0.4, -0.2) is 42.3 Å². The lowest BCUT2D eigenvalue weighted by Gasteiger charge is -2.21. The van der Waals surface area contributed by atoms with Crippen LogP contribution in [0, 0.1) is 5.92 Å². The van der Waals surface area contributed by atoms with E-state index in [-0.39, 0.29) is 30.9 Å². The standard InChI is InChI=1S/C12H22N2O4/c1-8(12(13)17)4-5-11(16)14-9-3-2-6-18-7-10(9)15/h8-10,15H,2-7H2,1H3,(H2,13,17)(H,14,16)/t8?,9-,10+/m0/s1. The minimum absolute atomic E-state index is 0.158. The summed E-state index contributed by atoms with van der Waals surface area (Å²) in [5, 5.41) is 12.5. The van der Waals surface area contributed by atoms with Crippen molar-refractivity contribution in [3.63, 3.8) is 0 Å². The highest BCUT2D eigenvalue weighted by Gasteiger charge is 2.23. The number of carbonyl (C=O) groups is 2. The van der Waals surface area contributed by atoms with Gasteiger partial charge in [0.05, 0.1) is 18.8 Å². The van der Waals surface area contributed by atoms with Crippen LogP contribution >= 0.6 is 0 Å². The van der Waals surface area contributed by atoms with Gasteiger partial charge < -0.3 is 20.9 Å². The zero-order valence-electron chi connectivity index (χ0n) is 10.7. The topological polar surface area (TPSA) is 102 Å². The number of primary amides is 1. The van der Waals surface area contributed by atoms with Crippen molar-refractivity contribution < 1.29 is 19.4 Å². The molecule has 0 saturated carbocycles. The molecule has 104 valence electrons. The van der Waals surface area contributed by atoms with Gasteiger partial charge >= 0.3 is 0 Å². The van der Waals surface area contributed by atoms with Crippen LogP contribution in [0.25, 0.3) is 0 Å². The SMILES string of the molecule is CC(CCC(=O)N[C@H]1CCCOC[C@H]1O)C(N)=O. The van der Waals surface area contributed by atoms with Gasteiger partial charge in [0, 0.05) is 18.9 Å². The van der Waals surface area contributed by atoms with Gasteiger partial charge in [0.15, 0.2) is 0 Å². The summed E-state index contributed by atoms with van der Waals surface area (Å²) in [6.07, 6.45) is 1.54. The van der Waals surface area contributed by atoms with Crippen molar-refractivity contribution in [1.29, 1.82) is 0 Å². The smallest absolute Gasteiger partial charge is 0.220 e. The number of amides is 2. The number of hydrogen-bond acceptors (Lipinski definition) is 4. The second-order valence-electron chi connectivity index (χ2n) is 4.80. The van der Waals surface area contributed by atoms with Gasteiger partial charge in [0.2, 0.25) is 11.8 Å². The molecule has 1 fully saturated rings. The Labute approximate surface area is 107 Å². The summed E-state index contributed by atoms with van der Waals surface area (Å²) < 4.78 is 5.19. The second kappa shape index (κ2) is 7.33. The van der Waals surface area contributed by atoms with Crippen molar-refractivity contribution in [1.82, 2.24) is 5.32 Å². The van der Waals surface area contributed by atoms with Gasteiger partial charge in [-0.15, -0.1) is 0 Å². The molecule has 3 atom stereocenters. The third-order valence-corrected chi connectivity index (χ3v) is 3.19. The van der Waals surface area contributed by atoms with Crippen molar-refractivity contribution in [3.8, 4) is 0 Å². The number of carbonyl (C=O) groups excluding carboxylic acids is 2. The average molecular weight is 258 g/mol. The molecule has 1 saturated heterocycles. The largest absolute Gasteiger partial charge is 0.389 e. The Kier molecular flexibility index (Phi) is 6.07. The van der Waals surface area contributed by atoms with Crippen LogP contribution in [0.2, 0.25) is 0 Å². The van der Waals surface area contributed by atoms with E-state index in [4.69, 9.17) is 10.5 Å². The highest BCUT2D eigenvalue weighted by Crippen LogP contribution is 2.10. The van der Waals surface area contributed by atoms with Gasteiger partial charge in [-0.1, -0.05) is 6.92 Å². The van der Waals surface area contributed by atoms with E-state index in [0.717, 1.165) is 6.42 Å². The first kappa shape index (κ1) is 14.9. The lowest BCUT2D eigenvalue weighted by molar-refractivity contribution is -0.124. The van der Waals surface area contributed by atoms with E-state index in [1.807, 2.05) is 0 Å². The van der Waals surface area contributed by atoms with E-state index in [0.29, 0.717) is 19.4 Å². The highest BCUT2D eigenvalue weighted by atomic mass is 16.5. The molecule has 18 heavy (non-hydrogen) atoms. The minimum Gasteiger partial charge on any atom is -0.389 e. The number of nitrogens with one attached hydrogen (secondary N) is 1. The Hall–Kier alpha value is -1.14. The summed E-state index contributed by atoms with van der Waals surface area (Å²) in [6, 6.07) is -0.260. The molecule has 2 amide bonds. The maximum Gasteiger partial charge on any atom is 0.220 e. The van der Waals surface area contributed by atoms with E-state index >= 15 is 0 Å². The molecule has 0 aliphatic carbocycles. The lowest BCUT2D eigenvalue weighted by atomic mass is 10.0. The van der Waals surface area contributed by atoms with E-state index in [1.165, 1.54) is 0 Å². The molecule has 1 aliphatic heterocycles. The number of hydrogen-bond donors (Lipinski definition) is 3. The van der Waals surface area contributed by atoms with E-state index in [9.17, 15) is 14.7 Å². The van der Waals surface area contributed by atoms with Gasteiger partial charge in [-0.05, 0) is 19.3 Å². The molecule has 6 nitrogen and oxygen atoms in total. The van der Waals surface area contributed by atoms with E-state index in [2.05, 4.69) is 5.32 Å². The van der Waals surface area contributed by atoms with Crippen molar-refractivity contribution in [2.45, 2.75) is 44.8 Å². The minimum atomic E-state index is -0.662. The van der Waals surface area contributed by atoms with Crippen LogP contribution in [0.15, 0.2) is 0 Å². The monoisotopic (exact) mass is 258 g/mol. The van der Waals surface area contributed by atoms with Crippen molar-refractivity contribution in [3.05, 3.63) is 0 Å². The van der Waals surface area contributed by atoms with E-state index < -0.39 is 12.0 Å². The van der Waals surface area contributed by atoms with Gasteiger partial charge in [0.1, 0.15) is 0 Å². The second-order valence-corrected chi connectivity index (χ2v) is 4.80. The van der Waals surface area contributed by atoms with Gasteiger partial charge in [-0.25, -0.2) is 0 Å².